The number of H-pyrrole nitrogens is 1. The van der Waals surface area contributed by atoms with E-state index in [-0.39, 0.29) is 5.91 Å². The smallest absolute Gasteiger partial charge is 0.255 e. The molecular formula is C13H17N5O2S2. The lowest BCUT2D eigenvalue weighted by molar-refractivity contribution is -0.125. The Kier molecular flexibility index (Phi) is 5.22. The fraction of sp³-hybridized carbons (Fsp3) is 0.385. The van der Waals surface area contributed by atoms with Gasteiger partial charge in [-0.15, -0.1) is 6.58 Å². The molecule has 0 spiro atoms. The van der Waals surface area contributed by atoms with Gasteiger partial charge in [0.2, 0.25) is 0 Å². The summed E-state index contributed by atoms with van der Waals surface area (Å²) in [5, 5.41) is 10.2. The van der Waals surface area contributed by atoms with Crippen LogP contribution in [0, 0.1) is 11.7 Å². The molecule has 7 nitrogen and oxygen atoms in total. The molecular weight excluding hydrogens is 322 g/mol. The first kappa shape index (κ1) is 16.5. The molecule has 0 aromatic carbocycles. The SMILES string of the molecule is C=CCO[C@H](C)C(=O)Nc1nc(C)c(-c2n[nH]c(=S)n2C)s1. The van der Waals surface area contributed by atoms with E-state index >= 15 is 0 Å². The van der Waals surface area contributed by atoms with Gasteiger partial charge >= 0.3 is 0 Å². The maximum Gasteiger partial charge on any atom is 0.255 e. The molecule has 9 heteroatoms. The summed E-state index contributed by atoms with van der Waals surface area (Å²) in [6.45, 7) is 7.40. The first-order valence-electron chi connectivity index (χ1n) is 6.56. The van der Waals surface area contributed by atoms with Crippen LogP contribution in [0.3, 0.4) is 0 Å². The van der Waals surface area contributed by atoms with E-state index in [9.17, 15) is 4.79 Å². The highest BCUT2D eigenvalue weighted by Crippen LogP contribution is 2.31. The van der Waals surface area contributed by atoms with E-state index in [0.29, 0.717) is 22.3 Å². The van der Waals surface area contributed by atoms with Gasteiger partial charge in [-0.05, 0) is 26.1 Å². The summed E-state index contributed by atoms with van der Waals surface area (Å²) in [4.78, 5) is 17.2. The number of anilines is 1. The predicted molar refractivity (Wildman–Crippen MR) is 88.5 cm³/mol. The van der Waals surface area contributed by atoms with E-state index in [1.807, 2.05) is 14.0 Å². The Labute approximate surface area is 137 Å². The predicted octanol–water partition coefficient (Wildman–Crippen LogP) is 2.44. The highest BCUT2D eigenvalue weighted by Gasteiger charge is 2.18. The molecule has 2 rings (SSSR count). The van der Waals surface area contributed by atoms with Crippen LogP contribution in [0.25, 0.3) is 10.7 Å². The van der Waals surface area contributed by atoms with Crippen molar-refractivity contribution in [1.29, 1.82) is 0 Å². The van der Waals surface area contributed by atoms with Gasteiger partial charge in [-0.1, -0.05) is 17.4 Å². The molecule has 2 aromatic rings. The van der Waals surface area contributed by atoms with Crippen LogP contribution in [0.2, 0.25) is 0 Å². The minimum Gasteiger partial charge on any atom is -0.365 e. The molecule has 0 bridgehead atoms. The number of thiazole rings is 1. The van der Waals surface area contributed by atoms with Gasteiger partial charge in [0.05, 0.1) is 17.2 Å². The molecule has 0 saturated carbocycles. The van der Waals surface area contributed by atoms with Crippen molar-refractivity contribution in [3.05, 3.63) is 23.1 Å². The Hall–Kier alpha value is -1.84. The third kappa shape index (κ3) is 3.49. The number of aromatic nitrogens is 4. The minimum absolute atomic E-state index is 0.252. The summed E-state index contributed by atoms with van der Waals surface area (Å²) in [7, 11) is 1.82. The molecule has 2 heterocycles. The lowest BCUT2D eigenvalue weighted by Gasteiger charge is -2.10. The molecule has 118 valence electrons. The standard InChI is InChI=1S/C13H17N5O2S2/c1-5-6-20-8(3)11(19)15-12-14-7(2)9(22-12)10-16-17-13(21)18(10)4/h5,8H,1,6H2,2-4H3,(H,17,21)(H,14,15,19)/t8-/m1/s1. The van der Waals surface area contributed by atoms with Gasteiger partial charge < -0.3 is 9.30 Å². The maximum absolute atomic E-state index is 12.0. The first-order chi connectivity index (χ1) is 10.4. The van der Waals surface area contributed by atoms with Gasteiger partial charge in [0.25, 0.3) is 5.91 Å². The molecule has 0 aliphatic carbocycles. The number of nitrogens with one attached hydrogen (secondary N) is 2. The average Bonchev–Trinajstić information content (AvgIpc) is 3.00. The maximum atomic E-state index is 12.0. The van der Waals surface area contributed by atoms with E-state index in [2.05, 4.69) is 27.1 Å². The van der Waals surface area contributed by atoms with Crippen molar-refractivity contribution < 1.29 is 9.53 Å². The normalized spacial score (nSPS) is 12.1. The molecule has 0 aliphatic rings. The fourth-order valence-electron chi connectivity index (χ4n) is 1.70. The summed E-state index contributed by atoms with van der Waals surface area (Å²) in [5.74, 6) is 0.439. The highest BCUT2D eigenvalue weighted by molar-refractivity contribution is 7.71. The molecule has 0 saturated heterocycles. The Morgan fingerprint density at radius 1 is 1.68 bits per heavy atom. The summed E-state index contributed by atoms with van der Waals surface area (Å²) in [5.41, 5.74) is 0.775. The number of amides is 1. The summed E-state index contributed by atoms with van der Waals surface area (Å²) < 4.78 is 7.57. The number of ether oxygens (including phenoxy) is 1. The largest absolute Gasteiger partial charge is 0.365 e. The van der Waals surface area contributed by atoms with E-state index in [4.69, 9.17) is 17.0 Å². The first-order valence-corrected chi connectivity index (χ1v) is 7.79. The Balaban J connectivity index is 2.16. The second-order valence-corrected chi connectivity index (χ2v) is 5.98. The van der Waals surface area contributed by atoms with Crippen molar-refractivity contribution in [1.82, 2.24) is 19.7 Å². The van der Waals surface area contributed by atoms with Gasteiger partial charge in [-0.2, -0.15) is 5.10 Å². The van der Waals surface area contributed by atoms with Crippen molar-refractivity contribution in [2.45, 2.75) is 20.0 Å². The number of hydrogen-bond donors (Lipinski definition) is 2. The van der Waals surface area contributed by atoms with Crippen LogP contribution >= 0.6 is 23.6 Å². The second-order valence-electron chi connectivity index (χ2n) is 4.60. The third-order valence-corrected chi connectivity index (χ3v) is 4.38. The molecule has 1 amide bonds. The fourth-order valence-corrected chi connectivity index (χ4v) is 2.83. The van der Waals surface area contributed by atoms with E-state index in [0.717, 1.165) is 10.6 Å². The number of carbonyl (C=O) groups excluding carboxylic acids is 1. The van der Waals surface area contributed by atoms with E-state index in [1.165, 1.54) is 11.3 Å². The van der Waals surface area contributed by atoms with Crippen molar-refractivity contribution >= 4 is 34.6 Å². The molecule has 0 fully saturated rings. The molecule has 2 N–H and O–H groups in total. The second kappa shape index (κ2) is 6.95. The number of rotatable bonds is 6. The van der Waals surface area contributed by atoms with Crippen LogP contribution in [0.4, 0.5) is 5.13 Å². The number of aromatic amines is 1. The summed E-state index contributed by atoms with van der Waals surface area (Å²) in [6.07, 6.45) is 1.02. The van der Waals surface area contributed by atoms with Gasteiger partial charge in [0, 0.05) is 7.05 Å². The van der Waals surface area contributed by atoms with Crippen molar-refractivity contribution in [2.75, 3.05) is 11.9 Å². The third-order valence-electron chi connectivity index (χ3n) is 2.94. The molecule has 0 unspecified atom stereocenters. The topological polar surface area (TPSA) is 84.8 Å². The van der Waals surface area contributed by atoms with Crippen molar-refractivity contribution in [2.24, 2.45) is 7.05 Å². The van der Waals surface area contributed by atoms with Gasteiger partial charge in [-0.25, -0.2) is 4.98 Å². The zero-order valence-corrected chi connectivity index (χ0v) is 14.2. The molecule has 2 aromatic heterocycles. The highest BCUT2D eigenvalue weighted by atomic mass is 32.1. The zero-order chi connectivity index (χ0) is 16.3. The Morgan fingerprint density at radius 3 is 3.00 bits per heavy atom. The zero-order valence-electron chi connectivity index (χ0n) is 12.5. The monoisotopic (exact) mass is 339 g/mol. The van der Waals surface area contributed by atoms with Crippen LogP contribution in [-0.4, -0.2) is 38.4 Å². The molecule has 0 aliphatic heterocycles. The molecule has 0 radical (unpaired) electrons. The van der Waals surface area contributed by atoms with Crippen molar-refractivity contribution in [3.8, 4) is 10.7 Å². The number of aryl methyl sites for hydroxylation is 1. The van der Waals surface area contributed by atoms with E-state index < -0.39 is 6.10 Å². The van der Waals surface area contributed by atoms with Crippen LogP contribution in [0.1, 0.15) is 12.6 Å². The molecule has 22 heavy (non-hydrogen) atoms. The quantitative estimate of drug-likeness (QED) is 0.624. The van der Waals surface area contributed by atoms with Gasteiger partial charge in [-0.3, -0.25) is 15.2 Å². The lowest BCUT2D eigenvalue weighted by Crippen LogP contribution is -2.27. The van der Waals surface area contributed by atoms with Gasteiger partial charge in [0.1, 0.15) is 6.10 Å². The van der Waals surface area contributed by atoms with Crippen LogP contribution in [0.5, 0.6) is 0 Å². The van der Waals surface area contributed by atoms with Crippen LogP contribution < -0.4 is 5.32 Å². The number of nitrogens with zero attached hydrogens (tertiary/aromatic N) is 3. The number of hydrogen-bond acceptors (Lipinski definition) is 6. The summed E-state index contributed by atoms with van der Waals surface area (Å²) in [6, 6.07) is 0. The Bertz CT molecular complexity index is 746. The van der Waals surface area contributed by atoms with Crippen LogP contribution in [-0.2, 0) is 16.6 Å². The van der Waals surface area contributed by atoms with Crippen molar-refractivity contribution in [3.63, 3.8) is 0 Å². The van der Waals surface area contributed by atoms with E-state index in [1.54, 1.807) is 17.6 Å². The minimum atomic E-state index is -0.577. The van der Waals surface area contributed by atoms with Gasteiger partial charge in [0.15, 0.2) is 15.7 Å². The summed E-state index contributed by atoms with van der Waals surface area (Å²) >= 11 is 6.44. The average molecular weight is 339 g/mol. The molecule has 1 atom stereocenters. The van der Waals surface area contributed by atoms with Crippen LogP contribution in [0.15, 0.2) is 12.7 Å². The Morgan fingerprint density at radius 2 is 2.41 bits per heavy atom. The lowest BCUT2D eigenvalue weighted by atomic mass is 10.4. The number of carbonyl (C=O) groups is 1.